The molecule has 1 saturated carbocycles. The lowest BCUT2D eigenvalue weighted by Crippen LogP contribution is -2.45. The van der Waals surface area contributed by atoms with Crippen LogP contribution in [0.15, 0.2) is 29.3 Å². The number of fused-ring (bicyclic) bond motifs is 1. The molecule has 1 aliphatic carbocycles. The first kappa shape index (κ1) is 29.8. The number of sulfonamides is 1. The van der Waals surface area contributed by atoms with Crippen LogP contribution in [0.5, 0.6) is 5.75 Å². The van der Waals surface area contributed by atoms with E-state index in [1.54, 1.807) is 6.92 Å². The third kappa shape index (κ3) is 6.09. The summed E-state index contributed by atoms with van der Waals surface area (Å²) in [5, 5.41) is 15.6. The molecule has 1 aromatic carbocycles. The van der Waals surface area contributed by atoms with E-state index in [2.05, 4.69) is 15.2 Å². The van der Waals surface area contributed by atoms with E-state index in [9.17, 15) is 36.3 Å². The van der Waals surface area contributed by atoms with E-state index in [1.165, 1.54) is 29.1 Å². The maximum Gasteiger partial charge on any atom is 0.427 e. The van der Waals surface area contributed by atoms with Gasteiger partial charge in [0.1, 0.15) is 16.7 Å². The number of amides is 1. The summed E-state index contributed by atoms with van der Waals surface area (Å²) >= 11 is 6.15. The van der Waals surface area contributed by atoms with Gasteiger partial charge in [0, 0.05) is 18.4 Å². The number of alkyl halides is 3. The van der Waals surface area contributed by atoms with Crippen molar-refractivity contribution in [2.24, 2.45) is 11.8 Å². The summed E-state index contributed by atoms with van der Waals surface area (Å²) in [5.41, 5.74) is -2.89. The summed E-state index contributed by atoms with van der Waals surface area (Å²) in [7, 11) is -4.38. The number of benzene rings is 1. The molecule has 11 nitrogen and oxygen atoms in total. The summed E-state index contributed by atoms with van der Waals surface area (Å²) in [6, 6.07) is 3.84. The Kier molecular flexibility index (Phi) is 7.93. The lowest BCUT2D eigenvalue weighted by atomic mass is 9.95. The van der Waals surface area contributed by atoms with Gasteiger partial charge in [0.25, 0.3) is 10.0 Å². The average molecular weight is 609 g/mol. The summed E-state index contributed by atoms with van der Waals surface area (Å²) < 4.78 is 79.9. The minimum atomic E-state index is -4.83. The van der Waals surface area contributed by atoms with Crippen LogP contribution in [0, 0.1) is 11.8 Å². The quantitative estimate of drug-likeness (QED) is 0.410. The van der Waals surface area contributed by atoms with Crippen LogP contribution in [-0.4, -0.2) is 59.8 Å². The number of halogens is 4. The van der Waals surface area contributed by atoms with Crippen molar-refractivity contribution in [2.75, 3.05) is 16.2 Å². The number of carboxylic acids is 1. The highest BCUT2D eigenvalue weighted by Gasteiger charge is 2.51. The lowest BCUT2D eigenvalue weighted by Gasteiger charge is -2.36. The van der Waals surface area contributed by atoms with E-state index < -0.39 is 45.9 Å². The Hall–Kier alpha value is -3.20. The molecule has 1 aliphatic heterocycles. The second-order valence-corrected chi connectivity index (χ2v) is 12.3. The molecule has 1 amide bonds. The maximum atomic E-state index is 13.8. The van der Waals surface area contributed by atoms with Crippen molar-refractivity contribution in [1.29, 1.82) is 0 Å². The third-order valence-electron chi connectivity index (χ3n) is 6.77. The van der Waals surface area contributed by atoms with Crippen LogP contribution in [0.4, 0.5) is 29.3 Å². The number of hydrogen-bond donors (Lipinski definition) is 2. The highest BCUT2D eigenvalue weighted by molar-refractivity contribution is 7.93. The van der Waals surface area contributed by atoms with E-state index in [4.69, 9.17) is 16.3 Å². The van der Waals surface area contributed by atoms with Crippen molar-refractivity contribution in [1.82, 2.24) is 9.78 Å². The van der Waals surface area contributed by atoms with Crippen LogP contribution in [0.25, 0.3) is 0 Å². The van der Waals surface area contributed by atoms with E-state index in [0.717, 1.165) is 17.1 Å². The van der Waals surface area contributed by atoms with Crippen LogP contribution in [0.2, 0.25) is 5.15 Å². The Morgan fingerprint density at radius 2 is 1.98 bits per heavy atom. The molecule has 16 heteroatoms. The van der Waals surface area contributed by atoms with Gasteiger partial charge in [0.2, 0.25) is 5.60 Å². The molecule has 0 saturated heterocycles. The molecule has 0 spiro atoms. The molecule has 1 aromatic heterocycles. The molecule has 4 rings (SSSR count). The molecule has 2 unspecified atom stereocenters. The molecule has 220 valence electrons. The fourth-order valence-electron chi connectivity index (χ4n) is 4.28. The predicted molar refractivity (Wildman–Crippen MR) is 137 cm³/mol. The normalized spacial score (nSPS) is 18.5. The second-order valence-electron chi connectivity index (χ2n) is 10.1. The van der Waals surface area contributed by atoms with Crippen molar-refractivity contribution in [3.05, 3.63) is 29.5 Å². The van der Waals surface area contributed by atoms with Gasteiger partial charge in [-0.05, 0) is 64.2 Å². The van der Waals surface area contributed by atoms with Gasteiger partial charge in [0.15, 0.2) is 5.15 Å². The van der Waals surface area contributed by atoms with Gasteiger partial charge in [-0.25, -0.2) is 13.2 Å². The van der Waals surface area contributed by atoms with Gasteiger partial charge in [0.05, 0.1) is 18.2 Å². The fraction of sp³-hybridized carbons (Fsp3) is 0.542. The molecule has 40 heavy (non-hydrogen) atoms. The molecule has 1 fully saturated rings. The first-order valence-electron chi connectivity index (χ1n) is 12.4. The number of aryl methyl sites for hydroxylation is 1. The maximum absolute atomic E-state index is 13.8. The van der Waals surface area contributed by atoms with Gasteiger partial charge < -0.3 is 14.6 Å². The monoisotopic (exact) mass is 608 g/mol. The van der Waals surface area contributed by atoms with Gasteiger partial charge in [-0.15, -0.1) is 0 Å². The fourth-order valence-corrected chi connectivity index (χ4v) is 6.23. The Balaban J connectivity index is 1.68. The van der Waals surface area contributed by atoms with Gasteiger partial charge in [-0.3, -0.25) is 19.1 Å². The predicted octanol–water partition coefficient (Wildman–Crippen LogP) is 4.90. The first-order valence-corrected chi connectivity index (χ1v) is 14.2. The zero-order valence-electron chi connectivity index (χ0n) is 21.7. The van der Waals surface area contributed by atoms with E-state index in [0.29, 0.717) is 20.4 Å². The van der Waals surface area contributed by atoms with Gasteiger partial charge in [-0.1, -0.05) is 11.6 Å². The van der Waals surface area contributed by atoms with Gasteiger partial charge >= 0.3 is 18.2 Å². The van der Waals surface area contributed by atoms with E-state index in [1.807, 2.05) is 0 Å². The lowest BCUT2D eigenvalue weighted by molar-refractivity contribution is -0.242. The van der Waals surface area contributed by atoms with Gasteiger partial charge in [-0.2, -0.15) is 18.3 Å². The SMILES string of the molecule is CCn1cc(S(=O)(=O)N2CC(CC(C(=O)O)C3CC3)Oc3ccc(NC(=O)OC(C)(C)C(F)(F)F)cc32)c(Cl)n1. The first-order chi connectivity index (χ1) is 18.5. The summed E-state index contributed by atoms with van der Waals surface area (Å²) in [4.78, 5) is 23.8. The standard InChI is InChI=1S/C24H28ClF3N4O7S/c1-4-31-12-19(20(25)30-31)40(36,37)32-11-15(10-16(21(33)34)13-5-6-13)38-18-8-7-14(9-17(18)32)29-22(35)39-23(2,3)24(26,27)28/h7-9,12-13,15-16H,4-6,10-11H2,1-3H3,(H,29,35)(H,33,34). The Bertz CT molecular complexity index is 1410. The average Bonchev–Trinajstić information content (AvgIpc) is 3.61. The van der Waals surface area contributed by atoms with Crippen LogP contribution in [0.1, 0.15) is 40.0 Å². The number of anilines is 2. The number of ether oxygens (including phenoxy) is 2. The van der Waals surface area contributed by atoms with Crippen molar-refractivity contribution < 1.29 is 45.8 Å². The van der Waals surface area contributed by atoms with Crippen LogP contribution >= 0.6 is 11.6 Å². The Morgan fingerprint density at radius 1 is 1.30 bits per heavy atom. The molecule has 0 radical (unpaired) electrons. The minimum absolute atomic E-state index is 0.0247. The minimum Gasteiger partial charge on any atom is -0.486 e. The summed E-state index contributed by atoms with van der Waals surface area (Å²) in [6.07, 6.45) is -4.26. The number of carboxylic acid groups (broad SMARTS) is 1. The zero-order valence-corrected chi connectivity index (χ0v) is 23.3. The highest BCUT2D eigenvalue weighted by atomic mass is 35.5. The number of nitrogens with zero attached hydrogens (tertiary/aromatic N) is 3. The molecular weight excluding hydrogens is 581 g/mol. The van der Waals surface area contributed by atoms with Crippen molar-refractivity contribution in [3.63, 3.8) is 0 Å². The van der Waals surface area contributed by atoms with Crippen LogP contribution < -0.4 is 14.4 Å². The van der Waals surface area contributed by atoms with Crippen molar-refractivity contribution in [2.45, 2.75) is 69.4 Å². The molecule has 2 aromatic rings. The van der Waals surface area contributed by atoms with E-state index >= 15 is 0 Å². The Morgan fingerprint density at radius 3 is 2.52 bits per heavy atom. The van der Waals surface area contributed by atoms with Crippen molar-refractivity contribution >= 4 is 45.1 Å². The molecular formula is C24H28ClF3N4O7S. The summed E-state index contributed by atoms with van der Waals surface area (Å²) in [6.45, 7) is 3.17. The zero-order chi connectivity index (χ0) is 29.6. The number of rotatable bonds is 9. The smallest absolute Gasteiger partial charge is 0.427 e. The molecule has 2 aliphatic rings. The highest BCUT2D eigenvalue weighted by Crippen LogP contribution is 2.44. The van der Waals surface area contributed by atoms with Crippen LogP contribution in [0.3, 0.4) is 0 Å². The van der Waals surface area contributed by atoms with E-state index in [-0.39, 0.29) is 46.1 Å². The number of carbonyl (C=O) groups excluding carboxylic acids is 1. The number of aromatic nitrogens is 2. The number of carbonyl (C=O) groups is 2. The van der Waals surface area contributed by atoms with Crippen molar-refractivity contribution in [3.8, 4) is 5.75 Å². The topological polar surface area (TPSA) is 140 Å². The summed E-state index contributed by atoms with van der Waals surface area (Å²) in [5.74, 6) is -1.69. The van der Waals surface area contributed by atoms with Crippen LogP contribution in [-0.2, 0) is 26.1 Å². The number of nitrogens with one attached hydrogen (secondary N) is 1. The third-order valence-corrected chi connectivity index (χ3v) is 8.94. The Labute approximate surface area is 233 Å². The largest absolute Gasteiger partial charge is 0.486 e. The molecule has 2 heterocycles. The molecule has 0 bridgehead atoms. The number of hydrogen-bond acceptors (Lipinski definition) is 7. The number of aliphatic carboxylic acids is 1. The molecule has 2 atom stereocenters. The second kappa shape index (κ2) is 10.7. The molecule has 2 N–H and O–H groups in total.